The normalized spacial score (nSPS) is 19.4. The van der Waals surface area contributed by atoms with Crippen LogP contribution in [0.4, 0.5) is 0 Å². The van der Waals surface area contributed by atoms with E-state index in [0.717, 1.165) is 44.9 Å². The van der Waals surface area contributed by atoms with Crippen molar-refractivity contribution in [2.45, 2.75) is 295 Å². The van der Waals surface area contributed by atoms with Crippen LogP contribution in [0, 0.1) is 0 Å². The van der Waals surface area contributed by atoms with Crippen LogP contribution in [-0.4, -0.2) is 89.0 Å². The van der Waals surface area contributed by atoms with Crippen LogP contribution in [0.5, 0.6) is 0 Å². The lowest BCUT2D eigenvalue weighted by molar-refractivity contribution is -0.305. The van der Waals surface area contributed by atoms with Gasteiger partial charge in [-0.15, -0.1) is 0 Å². The number of ether oxygens (including phenoxy) is 4. The van der Waals surface area contributed by atoms with Crippen molar-refractivity contribution < 1.29 is 49.0 Å². The lowest BCUT2D eigenvalue weighted by Crippen LogP contribution is -2.59. The number of unbranched alkanes of at least 4 members (excludes halogenated alkanes) is 32. The predicted octanol–water partition coefficient (Wildman–Crippen LogP) is 13.2. The van der Waals surface area contributed by atoms with Crippen LogP contribution < -0.4 is 0 Å². The number of hydrogen-bond acceptors (Lipinski definition) is 10. The quantitative estimate of drug-likeness (QED) is 0.0264. The summed E-state index contributed by atoms with van der Waals surface area (Å²) in [6.45, 7) is 3.44. The molecule has 4 N–H and O–H groups in total. The first-order valence-corrected chi connectivity index (χ1v) is 27.4. The molecule has 1 heterocycles. The van der Waals surface area contributed by atoms with E-state index in [9.17, 15) is 30.0 Å². The van der Waals surface area contributed by atoms with Gasteiger partial charge in [0.25, 0.3) is 0 Å². The third-order valence-electron chi connectivity index (χ3n) is 12.8. The minimum Gasteiger partial charge on any atom is -0.462 e. The molecule has 0 aromatic rings. The van der Waals surface area contributed by atoms with E-state index in [2.05, 4.69) is 38.2 Å². The molecule has 0 saturated carbocycles. The van der Waals surface area contributed by atoms with Gasteiger partial charge < -0.3 is 39.4 Å². The molecule has 1 fully saturated rings. The number of hydrogen-bond donors (Lipinski definition) is 4. The lowest BCUT2D eigenvalue weighted by atomic mass is 9.99. The first-order chi connectivity index (χ1) is 31.8. The van der Waals surface area contributed by atoms with E-state index < -0.39 is 49.4 Å². The van der Waals surface area contributed by atoms with E-state index in [4.69, 9.17) is 18.9 Å². The van der Waals surface area contributed by atoms with Gasteiger partial charge in [0.2, 0.25) is 0 Å². The molecule has 1 saturated heterocycles. The van der Waals surface area contributed by atoms with Gasteiger partial charge in [-0.2, -0.15) is 0 Å². The van der Waals surface area contributed by atoms with Gasteiger partial charge in [-0.3, -0.25) is 9.59 Å². The topological polar surface area (TPSA) is 152 Å². The SMILES string of the molecule is CCCCCCCCCCCCCCCC/C=C/CC/C=C/CCCC(=O)O[C@H](COC(=O)CCCCCCCCCCCCCCCCCCC)CO[C@@H]1O[C@H](CO)[C@H](O)C(O)C1O. The average Bonchev–Trinajstić information content (AvgIpc) is 3.30. The van der Waals surface area contributed by atoms with Crippen LogP contribution in [-0.2, 0) is 28.5 Å². The maximum atomic E-state index is 12.8. The maximum Gasteiger partial charge on any atom is 0.306 e. The van der Waals surface area contributed by atoms with Crippen molar-refractivity contribution in [2.75, 3.05) is 19.8 Å². The molecule has 0 radical (unpaired) electrons. The second-order valence-corrected chi connectivity index (χ2v) is 19.0. The lowest BCUT2D eigenvalue weighted by Gasteiger charge is -2.39. The molecule has 1 aliphatic heterocycles. The fourth-order valence-electron chi connectivity index (χ4n) is 8.51. The number of esters is 2. The first-order valence-electron chi connectivity index (χ1n) is 27.4. The fourth-order valence-corrected chi connectivity index (χ4v) is 8.51. The maximum absolute atomic E-state index is 12.8. The van der Waals surface area contributed by atoms with Crippen molar-refractivity contribution in [1.82, 2.24) is 0 Å². The summed E-state index contributed by atoms with van der Waals surface area (Å²) in [5.41, 5.74) is 0. The van der Waals surface area contributed by atoms with Crippen molar-refractivity contribution in [1.29, 1.82) is 0 Å². The smallest absolute Gasteiger partial charge is 0.306 e. The van der Waals surface area contributed by atoms with E-state index in [1.54, 1.807) is 0 Å². The summed E-state index contributed by atoms with van der Waals surface area (Å²) in [4.78, 5) is 25.5. The van der Waals surface area contributed by atoms with Gasteiger partial charge in [0.05, 0.1) is 13.2 Å². The molecule has 6 atom stereocenters. The molecule has 10 nitrogen and oxygen atoms in total. The van der Waals surface area contributed by atoms with Gasteiger partial charge in [-0.25, -0.2) is 0 Å². The van der Waals surface area contributed by atoms with Crippen LogP contribution in [0.25, 0.3) is 0 Å². The summed E-state index contributed by atoms with van der Waals surface area (Å²) in [6, 6.07) is 0. The summed E-state index contributed by atoms with van der Waals surface area (Å²) in [6.07, 6.45) is 46.3. The second kappa shape index (κ2) is 45.9. The highest BCUT2D eigenvalue weighted by Gasteiger charge is 2.44. The standard InChI is InChI=1S/C55H102O10/c1-3-5-7-9-11-13-15-17-19-21-22-23-24-25-26-28-30-32-34-36-38-40-42-44-51(58)64-48(47-63-55-54(61)53(60)52(59)49(45-56)65-55)46-62-50(57)43-41-39-37-35-33-31-29-27-20-18-16-14-12-10-8-6-4-2/h28,30,36,38,48-49,52-56,59-61H,3-27,29,31-35,37,39-47H2,1-2H3/b30-28+,38-36+/t48-,49-,52+,53?,54?,55-/m1/s1. The van der Waals surface area contributed by atoms with Crippen molar-refractivity contribution in [3.05, 3.63) is 24.3 Å². The van der Waals surface area contributed by atoms with E-state index in [1.807, 2.05) is 0 Å². The highest BCUT2D eigenvalue weighted by Crippen LogP contribution is 2.23. The Kier molecular flexibility index (Phi) is 43.2. The number of allylic oxidation sites excluding steroid dienone is 4. The Hall–Kier alpha value is -1.82. The van der Waals surface area contributed by atoms with Gasteiger partial charge in [-0.05, 0) is 44.9 Å². The summed E-state index contributed by atoms with van der Waals surface area (Å²) in [5, 5.41) is 40.2. The summed E-state index contributed by atoms with van der Waals surface area (Å²) < 4.78 is 22.2. The second-order valence-electron chi connectivity index (χ2n) is 19.0. The molecule has 2 unspecified atom stereocenters. The minimum atomic E-state index is -1.60. The third-order valence-corrected chi connectivity index (χ3v) is 12.8. The zero-order valence-electron chi connectivity index (χ0n) is 42.0. The molecule has 0 aromatic carbocycles. The van der Waals surface area contributed by atoms with Crippen molar-refractivity contribution in [3.63, 3.8) is 0 Å². The Bertz CT molecular complexity index is 1110. The summed E-state index contributed by atoms with van der Waals surface area (Å²) in [5.74, 6) is -0.842. The van der Waals surface area contributed by atoms with Gasteiger partial charge in [-0.1, -0.05) is 224 Å². The molecule has 1 rings (SSSR count). The largest absolute Gasteiger partial charge is 0.462 e. The van der Waals surface area contributed by atoms with Crippen molar-refractivity contribution in [2.24, 2.45) is 0 Å². The van der Waals surface area contributed by atoms with Crippen molar-refractivity contribution >= 4 is 11.9 Å². The van der Waals surface area contributed by atoms with E-state index in [1.165, 1.54) is 180 Å². The molecular formula is C55H102O10. The van der Waals surface area contributed by atoms with Crippen molar-refractivity contribution in [3.8, 4) is 0 Å². The Balaban J connectivity index is 2.25. The molecule has 0 amide bonds. The van der Waals surface area contributed by atoms with E-state index in [0.29, 0.717) is 6.42 Å². The highest BCUT2D eigenvalue weighted by molar-refractivity contribution is 5.70. The molecule has 1 aliphatic rings. The fraction of sp³-hybridized carbons (Fsp3) is 0.891. The summed E-state index contributed by atoms with van der Waals surface area (Å²) >= 11 is 0. The Labute approximate surface area is 398 Å². The number of aliphatic hydroxyl groups excluding tert-OH is 4. The Morgan fingerprint density at radius 2 is 0.846 bits per heavy atom. The molecule has 0 bridgehead atoms. The highest BCUT2D eigenvalue weighted by atomic mass is 16.7. The molecule has 0 aliphatic carbocycles. The summed E-state index contributed by atoms with van der Waals surface area (Å²) in [7, 11) is 0. The van der Waals surface area contributed by atoms with Crippen LogP contribution in [0.3, 0.4) is 0 Å². The molecule has 382 valence electrons. The Morgan fingerprint density at radius 1 is 0.462 bits per heavy atom. The Morgan fingerprint density at radius 3 is 1.29 bits per heavy atom. The molecule has 0 aromatic heterocycles. The monoisotopic (exact) mass is 923 g/mol. The predicted molar refractivity (Wildman–Crippen MR) is 266 cm³/mol. The number of rotatable bonds is 47. The van der Waals surface area contributed by atoms with E-state index in [-0.39, 0.29) is 32.0 Å². The van der Waals surface area contributed by atoms with Crippen LogP contribution in [0.2, 0.25) is 0 Å². The molecule has 65 heavy (non-hydrogen) atoms. The van der Waals surface area contributed by atoms with Gasteiger partial charge in [0, 0.05) is 12.8 Å². The first kappa shape index (κ1) is 61.2. The van der Waals surface area contributed by atoms with Gasteiger partial charge in [0.1, 0.15) is 31.0 Å². The van der Waals surface area contributed by atoms with Gasteiger partial charge in [0.15, 0.2) is 12.4 Å². The zero-order chi connectivity index (χ0) is 47.3. The number of aliphatic hydroxyl groups is 4. The van der Waals surface area contributed by atoms with Gasteiger partial charge >= 0.3 is 11.9 Å². The number of carbonyl (C=O) groups is 2. The molecule has 10 heteroatoms. The third kappa shape index (κ3) is 36.8. The van der Waals surface area contributed by atoms with E-state index >= 15 is 0 Å². The van der Waals surface area contributed by atoms with Crippen LogP contribution >= 0.6 is 0 Å². The van der Waals surface area contributed by atoms with Crippen LogP contribution in [0.15, 0.2) is 24.3 Å². The molecular weight excluding hydrogens is 821 g/mol. The van der Waals surface area contributed by atoms with Crippen LogP contribution in [0.1, 0.15) is 258 Å². The molecule has 0 spiro atoms. The minimum absolute atomic E-state index is 0.174. The number of carbonyl (C=O) groups excluding carboxylic acids is 2. The zero-order valence-corrected chi connectivity index (χ0v) is 42.0. The average molecular weight is 923 g/mol.